The highest BCUT2D eigenvalue weighted by Gasteiger charge is 2.38. The van der Waals surface area contributed by atoms with Crippen molar-refractivity contribution in [3.8, 4) is 33.6 Å². The van der Waals surface area contributed by atoms with Gasteiger partial charge in [-0.15, -0.1) is 5.10 Å². The third kappa shape index (κ3) is 8.77. The molecule has 5 aromatic rings. The first-order valence-corrected chi connectivity index (χ1v) is 19.1. The summed E-state index contributed by atoms with van der Waals surface area (Å²) in [5, 5.41) is 13.0. The second-order valence-corrected chi connectivity index (χ2v) is 14.2. The third-order valence-corrected chi connectivity index (χ3v) is 10.7. The van der Waals surface area contributed by atoms with Gasteiger partial charge in [-0.3, -0.25) is 14.7 Å². The summed E-state index contributed by atoms with van der Waals surface area (Å²) in [7, 11) is 4.17. The number of methoxy groups -OCH3 is 2. The van der Waals surface area contributed by atoms with Gasteiger partial charge in [-0.25, -0.2) is 19.8 Å². The Hall–Kier alpha value is -6.40. The second kappa shape index (κ2) is 18.2. The van der Waals surface area contributed by atoms with Crippen LogP contribution in [0.1, 0.15) is 62.0 Å². The minimum atomic E-state index is -0.876. The first kappa shape index (κ1) is 39.8. The molecule has 0 spiro atoms. The van der Waals surface area contributed by atoms with Crippen molar-refractivity contribution in [3.63, 3.8) is 0 Å². The van der Waals surface area contributed by atoms with Gasteiger partial charge in [0.05, 0.1) is 61.9 Å². The Kier molecular flexibility index (Phi) is 12.5. The van der Waals surface area contributed by atoms with Crippen molar-refractivity contribution in [2.24, 2.45) is 4.99 Å². The van der Waals surface area contributed by atoms with Crippen LogP contribution in [0.5, 0.6) is 0 Å². The first-order valence-electron chi connectivity index (χ1n) is 19.1. The molecule has 0 unspecified atom stereocenters. The number of benzene rings is 2. The molecule has 2 fully saturated rings. The van der Waals surface area contributed by atoms with Crippen LogP contribution in [0, 0.1) is 0 Å². The van der Waals surface area contributed by atoms with Gasteiger partial charge in [0.1, 0.15) is 17.7 Å². The maximum absolute atomic E-state index is 13.8. The zero-order chi connectivity index (χ0) is 40.6. The number of nitrogens with one attached hydrogen (secondary N) is 4. The molecule has 0 saturated carbocycles. The van der Waals surface area contributed by atoms with Gasteiger partial charge in [-0.2, -0.15) is 4.89 Å². The van der Waals surface area contributed by atoms with E-state index in [9.17, 15) is 14.4 Å². The van der Waals surface area contributed by atoms with Crippen molar-refractivity contribution in [1.29, 1.82) is 0 Å². The average molecular weight is 794 g/mol. The van der Waals surface area contributed by atoms with Gasteiger partial charge in [0, 0.05) is 32.8 Å². The monoisotopic (exact) mass is 793 g/mol. The Balaban J connectivity index is 0.998. The number of carbonyl (C=O) groups is 3. The summed E-state index contributed by atoms with van der Waals surface area (Å²) in [6.45, 7) is 2.91. The number of hydrogen-bond donors (Lipinski definition) is 4. The Morgan fingerprint density at radius 1 is 0.845 bits per heavy atom. The number of imidazole rings is 2. The summed E-state index contributed by atoms with van der Waals surface area (Å²) in [5.74, 6) is 0.993. The van der Waals surface area contributed by atoms with Crippen molar-refractivity contribution in [1.82, 2.24) is 50.5 Å². The number of likely N-dealkylation sites (tertiary alicyclic amines) is 2. The first-order chi connectivity index (χ1) is 28.3. The van der Waals surface area contributed by atoms with E-state index >= 15 is 0 Å². The molecule has 0 bridgehead atoms. The van der Waals surface area contributed by atoms with Crippen LogP contribution in [-0.4, -0.2) is 122 Å². The molecule has 3 aromatic heterocycles. The molecule has 2 aromatic carbocycles. The topological polar surface area (TPSA) is 218 Å². The molecule has 304 valence electrons. The molecule has 2 aliphatic rings. The molecule has 18 heteroatoms. The molecule has 0 radical (unpaired) electrons. The smallest absolute Gasteiger partial charge is 0.407 e. The van der Waals surface area contributed by atoms with Crippen molar-refractivity contribution in [2.75, 3.05) is 34.4 Å². The van der Waals surface area contributed by atoms with Crippen LogP contribution in [-0.2, 0) is 35.3 Å². The molecule has 7 rings (SSSR count). The number of aromatic amines is 3. The lowest BCUT2D eigenvalue weighted by Gasteiger charge is -2.28. The van der Waals surface area contributed by atoms with E-state index in [1.165, 1.54) is 14.2 Å². The molecule has 5 heterocycles. The Morgan fingerprint density at radius 2 is 1.40 bits per heavy atom. The summed E-state index contributed by atoms with van der Waals surface area (Å²) in [5.41, 5.74) is 6.24. The normalized spacial score (nSPS) is 18.3. The maximum atomic E-state index is 13.8. The standard InChI is InChI=1S/C40H47N11O7/c1-24(55-2)35(43-23-58-57-4)39(53)51-18-6-8-34(51)37-42-22-32(46-37)28-15-11-26(12-16-28)25-9-13-27(14-10-25)31-21-41-36(45-31)33-7-5-17-50(33)38(52)30(47-40(54)56-3)19-29-20-44-49-48-29/h9-16,20-24,30,33-35H,5-8,17-19H2,1-4H3,(H,41,45)(H,42,46)(H,47,54)(H,44,48,49)/b43-23-/t24-,30-,33+,34+,35+/m1/s1. The summed E-state index contributed by atoms with van der Waals surface area (Å²) in [6, 6.07) is 14.3. The number of ether oxygens (including phenoxy) is 2. The highest BCUT2D eigenvalue weighted by Crippen LogP contribution is 2.35. The van der Waals surface area contributed by atoms with Crippen LogP contribution in [0.3, 0.4) is 0 Å². The summed E-state index contributed by atoms with van der Waals surface area (Å²) in [6.07, 6.45) is 8.45. The number of carbonyl (C=O) groups excluding carboxylic acids is 3. The number of H-pyrrole nitrogens is 3. The fraction of sp³-hybridized carbons (Fsp3) is 0.400. The van der Waals surface area contributed by atoms with E-state index < -0.39 is 24.3 Å². The van der Waals surface area contributed by atoms with Gasteiger partial charge < -0.3 is 39.4 Å². The van der Waals surface area contributed by atoms with Crippen LogP contribution in [0.2, 0.25) is 0 Å². The number of aliphatic imine (C=N–C) groups is 1. The molecular formula is C40H47N11O7. The number of aromatic nitrogens is 7. The van der Waals surface area contributed by atoms with Gasteiger partial charge in [0.15, 0.2) is 6.04 Å². The van der Waals surface area contributed by atoms with E-state index in [0.29, 0.717) is 24.6 Å². The number of amides is 3. The lowest BCUT2D eigenvalue weighted by Crippen LogP contribution is -2.49. The van der Waals surface area contributed by atoms with Crippen LogP contribution in [0.25, 0.3) is 33.6 Å². The molecule has 0 aliphatic carbocycles. The molecule has 3 amide bonds. The number of rotatable bonds is 15. The van der Waals surface area contributed by atoms with E-state index in [4.69, 9.17) is 14.4 Å². The van der Waals surface area contributed by atoms with E-state index in [0.717, 1.165) is 71.6 Å². The van der Waals surface area contributed by atoms with Crippen molar-refractivity contribution >= 4 is 24.3 Å². The quantitative estimate of drug-likeness (QED) is 0.0499. The van der Waals surface area contributed by atoms with Crippen LogP contribution in [0.4, 0.5) is 4.79 Å². The number of alkyl carbamates (subject to hydrolysis) is 1. The number of nitrogens with zero attached hydrogens (tertiary/aromatic N) is 7. The SMILES string of the molecule is COO/C=N\[C@H](C(=O)N1CCC[C@H]1c1ncc(-c2ccc(-c3ccc(-c4cnc([C@@H]5CCCN5C(=O)[C@@H](Cc5c[nH]nn5)NC(=O)OC)[nH]4)cc3)cc2)[nH]1)[C@@H](C)OC. The minimum Gasteiger partial charge on any atom is -0.453 e. The average Bonchev–Trinajstić information content (AvgIpc) is 4.11. The van der Waals surface area contributed by atoms with Gasteiger partial charge >= 0.3 is 6.09 Å². The van der Waals surface area contributed by atoms with Crippen LogP contribution >= 0.6 is 0 Å². The molecule has 2 aliphatic heterocycles. The summed E-state index contributed by atoms with van der Waals surface area (Å²) >= 11 is 0. The fourth-order valence-electron chi connectivity index (χ4n) is 7.57. The molecule has 18 nitrogen and oxygen atoms in total. The molecule has 5 atom stereocenters. The zero-order valence-electron chi connectivity index (χ0n) is 32.8. The van der Waals surface area contributed by atoms with Gasteiger partial charge in [-0.1, -0.05) is 53.7 Å². The summed E-state index contributed by atoms with van der Waals surface area (Å²) < 4.78 is 10.2. The van der Waals surface area contributed by atoms with E-state index in [-0.39, 0.29) is 30.3 Å². The zero-order valence-corrected chi connectivity index (χ0v) is 32.8. The Morgan fingerprint density at radius 3 is 1.90 bits per heavy atom. The van der Waals surface area contributed by atoms with Crippen molar-refractivity contribution in [3.05, 3.63) is 84.5 Å². The molecular weight excluding hydrogens is 747 g/mol. The highest BCUT2D eigenvalue weighted by atomic mass is 17.2. The fourth-order valence-corrected chi connectivity index (χ4v) is 7.57. The van der Waals surface area contributed by atoms with Crippen LogP contribution < -0.4 is 5.32 Å². The van der Waals surface area contributed by atoms with Gasteiger partial charge in [0.2, 0.25) is 12.3 Å². The third-order valence-electron chi connectivity index (χ3n) is 10.7. The van der Waals surface area contributed by atoms with Gasteiger partial charge in [0.25, 0.3) is 5.91 Å². The van der Waals surface area contributed by atoms with E-state index in [2.05, 4.69) is 74.8 Å². The predicted molar refractivity (Wildman–Crippen MR) is 211 cm³/mol. The summed E-state index contributed by atoms with van der Waals surface area (Å²) in [4.78, 5) is 72.9. The molecule has 4 N–H and O–H groups in total. The molecule has 58 heavy (non-hydrogen) atoms. The second-order valence-electron chi connectivity index (χ2n) is 14.2. The minimum absolute atomic E-state index is 0.165. The maximum Gasteiger partial charge on any atom is 0.407 e. The van der Waals surface area contributed by atoms with Crippen LogP contribution in [0.15, 0.2) is 72.1 Å². The lowest BCUT2D eigenvalue weighted by molar-refractivity contribution is -0.188. The Bertz CT molecular complexity index is 2170. The highest BCUT2D eigenvalue weighted by molar-refractivity contribution is 5.86. The number of hydrogen-bond acceptors (Lipinski definition) is 12. The predicted octanol–water partition coefficient (Wildman–Crippen LogP) is 4.56. The Labute approximate surface area is 334 Å². The van der Waals surface area contributed by atoms with E-state index in [1.54, 1.807) is 42.4 Å². The molecule has 2 saturated heterocycles. The largest absolute Gasteiger partial charge is 0.453 e. The van der Waals surface area contributed by atoms with Crippen molar-refractivity contribution in [2.45, 2.75) is 69.3 Å². The lowest BCUT2D eigenvalue weighted by atomic mass is 10.0. The van der Waals surface area contributed by atoms with Crippen molar-refractivity contribution < 1.29 is 33.6 Å². The van der Waals surface area contributed by atoms with Gasteiger partial charge in [-0.05, 0) is 54.9 Å². The van der Waals surface area contributed by atoms with E-state index in [1.807, 2.05) is 24.3 Å².